The number of rotatable bonds is 5. The van der Waals surface area contributed by atoms with Crippen LogP contribution in [-0.2, 0) is 4.79 Å². The molecule has 3 nitrogen and oxygen atoms in total. The van der Waals surface area contributed by atoms with Gasteiger partial charge in [0.25, 0.3) is 0 Å². The summed E-state index contributed by atoms with van der Waals surface area (Å²) in [5, 5.41) is 6.47. The van der Waals surface area contributed by atoms with E-state index in [2.05, 4.69) is 10.6 Å². The summed E-state index contributed by atoms with van der Waals surface area (Å²) < 4.78 is 0. The Labute approximate surface area is 101 Å². The van der Waals surface area contributed by atoms with E-state index < -0.39 is 0 Å². The summed E-state index contributed by atoms with van der Waals surface area (Å²) >= 11 is 5.92. The van der Waals surface area contributed by atoms with Crippen LogP contribution in [0.25, 0.3) is 0 Å². The molecule has 0 heterocycles. The van der Waals surface area contributed by atoms with Crippen LogP contribution in [0, 0.1) is 0 Å². The maximum Gasteiger partial charge on any atom is 0.234 e. The second kappa shape index (κ2) is 6.51. The number of likely N-dealkylation sites (N-methyl/N-ethyl adjacent to an activating group) is 1. The van der Waals surface area contributed by atoms with E-state index in [0.29, 0.717) is 11.6 Å². The van der Waals surface area contributed by atoms with Crippen molar-refractivity contribution in [1.29, 1.82) is 0 Å². The first-order valence-corrected chi connectivity index (χ1v) is 5.74. The van der Waals surface area contributed by atoms with Crippen LogP contribution in [0.15, 0.2) is 24.3 Å². The minimum Gasteiger partial charge on any atom is -0.348 e. The van der Waals surface area contributed by atoms with Crippen LogP contribution in [0.5, 0.6) is 0 Å². The monoisotopic (exact) mass is 240 g/mol. The van der Waals surface area contributed by atoms with E-state index in [9.17, 15) is 4.79 Å². The Hall–Kier alpha value is -1.06. The van der Waals surface area contributed by atoms with Crippen LogP contribution in [0.4, 0.5) is 0 Å². The van der Waals surface area contributed by atoms with Gasteiger partial charge in [-0.25, -0.2) is 0 Å². The van der Waals surface area contributed by atoms with Crippen molar-refractivity contribution in [2.45, 2.75) is 19.4 Å². The smallest absolute Gasteiger partial charge is 0.234 e. The zero-order valence-electron chi connectivity index (χ0n) is 9.59. The lowest BCUT2D eigenvalue weighted by molar-refractivity contribution is -0.120. The van der Waals surface area contributed by atoms with Crippen LogP contribution in [-0.4, -0.2) is 19.5 Å². The predicted octanol–water partition coefficient (Wildman–Crippen LogP) is 2.13. The molecule has 1 aromatic carbocycles. The highest BCUT2D eigenvalue weighted by Gasteiger charge is 2.11. The minimum atomic E-state index is -0.00525. The summed E-state index contributed by atoms with van der Waals surface area (Å²) in [6, 6.07) is 7.60. The third-order valence-corrected chi connectivity index (χ3v) is 2.57. The summed E-state index contributed by atoms with van der Waals surface area (Å²) in [5.41, 5.74) is 1.04. The van der Waals surface area contributed by atoms with Crippen molar-refractivity contribution >= 4 is 17.5 Å². The summed E-state index contributed by atoms with van der Waals surface area (Å²) in [7, 11) is 1.75. The van der Waals surface area contributed by atoms with Gasteiger partial charge in [0.15, 0.2) is 0 Å². The molecule has 4 heteroatoms. The molecule has 0 aromatic heterocycles. The first-order valence-electron chi connectivity index (χ1n) is 5.36. The lowest BCUT2D eigenvalue weighted by atomic mass is 10.0. The van der Waals surface area contributed by atoms with Crippen LogP contribution in [0.3, 0.4) is 0 Å². The van der Waals surface area contributed by atoms with Crippen LogP contribution in [0.2, 0.25) is 5.02 Å². The molecule has 1 atom stereocenters. The van der Waals surface area contributed by atoms with Gasteiger partial charge < -0.3 is 10.6 Å². The van der Waals surface area contributed by atoms with Crippen molar-refractivity contribution in [1.82, 2.24) is 10.6 Å². The fourth-order valence-electron chi connectivity index (χ4n) is 1.55. The van der Waals surface area contributed by atoms with Crippen molar-refractivity contribution in [2.75, 3.05) is 13.6 Å². The minimum absolute atomic E-state index is 0.00525. The SMILES string of the molecule is CCC(NC(=O)CNC)c1cccc(Cl)c1. The Bertz CT molecular complexity index is 355. The van der Waals surface area contributed by atoms with Crippen molar-refractivity contribution in [3.8, 4) is 0 Å². The van der Waals surface area contributed by atoms with E-state index in [1.165, 1.54) is 0 Å². The number of amides is 1. The molecule has 0 fully saturated rings. The fourth-order valence-corrected chi connectivity index (χ4v) is 1.75. The molecule has 0 spiro atoms. The van der Waals surface area contributed by atoms with Crippen LogP contribution >= 0.6 is 11.6 Å². The number of carbonyl (C=O) groups excluding carboxylic acids is 1. The van der Waals surface area contributed by atoms with E-state index in [1.807, 2.05) is 31.2 Å². The lowest BCUT2D eigenvalue weighted by Crippen LogP contribution is -2.34. The third-order valence-electron chi connectivity index (χ3n) is 2.33. The molecule has 16 heavy (non-hydrogen) atoms. The van der Waals surface area contributed by atoms with E-state index in [-0.39, 0.29) is 11.9 Å². The summed E-state index contributed by atoms with van der Waals surface area (Å²) in [4.78, 5) is 11.5. The van der Waals surface area contributed by atoms with Gasteiger partial charge in [-0.15, -0.1) is 0 Å². The largest absolute Gasteiger partial charge is 0.348 e. The van der Waals surface area contributed by atoms with Gasteiger partial charge in [-0.2, -0.15) is 0 Å². The molecular weight excluding hydrogens is 224 g/mol. The van der Waals surface area contributed by atoms with Gasteiger partial charge in [-0.1, -0.05) is 30.7 Å². The van der Waals surface area contributed by atoms with Crippen molar-refractivity contribution in [3.05, 3.63) is 34.9 Å². The van der Waals surface area contributed by atoms with Crippen molar-refractivity contribution in [2.24, 2.45) is 0 Å². The molecule has 0 radical (unpaired) electrons. The fraction of sp³-hybridized carbons (Fsp3) is 0.417. The highest BCUT2D eigenvalue weighted by Crippen LogP contribution is 2.19. The van der Waals surface area contributed by atoms with Gasteiger partial charge in [0.1, 0.15) is 0 Å². The molecule has 88 valence electrons. The Balaban J connectivity index is 2.70. The van der Waals surface area contributed by atoms with Gasteiger partial charge in [-0.05, 0) is 31.2 Å². The number of hydrogen-bond acceptors (Lipinski definition) is 2. The van der Waals surface area contributed by atoms with E-state index in [1.54, 1.807) is 7.05 Å². The van der Waals surface area contributed by atoms with E-state index >= 15 is 0 Å². The number of benzene rings is 1. The standard InChI is InChI=1S/C12H17ClN2O/c1-3-11(15-12(16)8-14-2)9-5-4-6-10(13)7-9/h4-7,11,14H,3,8H2,1-2H3,(H,15,16). The molecule has 1 aromatic rings. The highest BCUT2D eigenvalue weighted by molar-refractivity contribution is 6.30. The number of halogens is 1. The predicted molar refractivity (Wildman–Crippen MR) is 66.6 cm³/mol. The molecule has 0 saturated carbocycles. The van der Waals surface area contributed by atoms with Gasteiger partial charge >= 0.3 is 0 Å². The highest BCUT2D eigenvalue weighted by atomic mass is 35.5. The zero-order valence-corrected chi connectivity index (χ0v) is 10.3. The molecule has 0 bridgehead atoms. The van der Waals surface area contributed by atoms with Crippen molar-refractivity contribution < 1.29 is 4.79 Å². The molecule has 1 amide bonds. The van der Waals surface area contributed by atoms with Crippen molar-refractivity contribution in [3.63, 3.8) is 0 Å². The van der Waals surface area contributed by atoms with E-state index in [4.69, 9.17) is 11.6 Å². The molecule has 1 rings (SSSR count). The Morgan fingerprint density at radius 1 is 1.50 bits per heavy atom. The van der Waals surface area contributed by atoms with Gasteiger partial charge in [0.2, 0.25) is 5.91 Å². The number of nitrogens with one attached hydrogen (secondary N) is 2. The lowest BCUT2D eigenvalue weighted by Gasteiger charge is -2.17. The summed E-state index contributed by atoms with van der Waals surface area (Å²) in [6.07, 6.45) is 0.843. The average Bonchev–Trinajstić information content (AvgIpc) is 2.26. The normalized spacial score (nSPS) is 12.2. The summed E-state index contributed by atoms with van der Waals surface area (Å²) in [6.45, 7) is 2.36. The zero-order chi connectivity index (χ0) is 12.0. The van der Waals surface area contributed by atoms with Crippen LogP contribution in [0.1, 0.15) is 24.9 Å². The topological polar surface area (TPSA) is 41.1 Å². The molecule has 0 aliphatic carbocycles. The molecule has 0 aliphatic heterocycles. The van der Waals surface area contributed by atoms with Gasteiger partial charge in [0, 0.05) is 5.02 Å². The maximum absolute atomic E-state index is 11.5. The first kappa shape index (κ1) is 13.0. The average molecular weight is 241 g/mol. The maximum atomic E-state index is 11.5. The van der Waals surface area contributed by atoms with Gasteiger partial charge in [-0.3, -0.25) is 4.79 Å². The van der Waals surface area contributed by atoms with E-state index in [0.717, 1.165) is 12.0 Å². The molecule has 0 saturated heterocycles. The number of hydrogen-bond donors (Lipinski definition) is 2. The third kappa shape index (κ3) is 3.83. The summed E-state index contributed by atoms with van der Waals surface area (Å²) in [5.74, 6) is -0.00525. The second-order valence-electron chi connectivity index (χ2n) is 3.61. The Morgan fingerprint density at radius 3 is 2.81 bits per heavy atom. The number of carbonyl (C=O) groups is 1. The Morgan fingerprint density at radius 2 is 2.25 bits per heavy atom. The first-order chi connectivity index (χ1) is 7.67. The van der Waals surface area contributed by atoms with Gasteiger partial charge in [0.05, 0.1) is 12.6 Å². The second-order valence-corrected chi connectivity index (χ2v) is 4.05. The quantitative estimate of drug-likeness (QED) is 0.828. The Kier molecular flexibility index (Phi) is 5.29. The molecular formula is C12H17ClN2O. The molecule has 0 aliphatic rings. The van der Waals surface area contributed by atoms with Crippen LogP contribution < -0.4 is 10.6 Å². The molecule has 1 unspecified atom stereocenters. The molecule has 2 N–H and O–H groups in total.